The number of aromatic nitrogens is 2. The van der Waals surface area contributed by atoms with Crippen molar-refractivity contribution in [2.24, 2.45) is 0 Å². The molecule has 0 saturated heterocycles. The molecule has 7 rings (SSSR count). The molecule has 2 unspecified atom stereocenters. The fourth-order valence-electron chi connectivity index (χ4n) is 6.88. The summed E-state index contributed by atoms with van der Waals surface area (Å²) in [5.74, 6) is 1.81. The molecular weight excluding hydrogens is 491 g/mol. The van der Waals surface area contributed by atoms with E-state index < -0.39 is 0 Å². The van der Waals surface area contributed by atoms with Gasteiger partial charge in [0.2, 0.25) is 0 Å². The van der Waals surface area contributed by atoms with Crippen LogP contribution in [0.1, 0.15) is 78.7 Å². The highest BCUT2D eigenvalue weighted by atomic mass is 15.4. The predicted octanol–water partition coefficient (Wildman–Crippen LogP) is 6.01. The minimum absolute atomic E-state index is 0.198. The van der Waals surface area contributed by atoms with E-state index in [0.717, 1.165) is 42.7 Å². The maximum absolute atomic E-state index is 6.39. The van der Waals surface area contributed by atoms with E-state index in [-0.39, 0.29) is 6.17 Å². The maximum Gasteiger partial charge on any atom is 0.549 e. The molecule has 1 aromatic heterocycles. The molecule has 203 valence electrons. The lowest BCUT2D eigenvalue weighted by Gasteiger charge is -2.38. The Morgan fingerprint density at radius 3 is 2.62 bits per heavy atom. The number of anilines is 1. The monoisotopic (exact) mass is 530 g/mol. The van der Waals surface area contributed by atoms with Crippen molar-refractivity contribution in [2.45, 2.75) is 72.0 Å². The van der Waals surface area contributed by atoms with E-state index in [1.807, 2.05) is 0 Å². The van der Waals surface area contributed by atoms with E-state index in [1.165, 1.54) is 58.0 Å². The zero-order chi connectivity index (χ0) is 27.5. The zero-order valence-electron chi connectivity index (χ0n) is 24.1. The maximum atomic E-state index is 6.39. The number of hydrogen-bond acceptors (Lipinski definition) is 2. The van der Waals surface area contributed by atoms with Crippen LogP contribution in [0.2, 0.25) is 0 Å². The molecule has 3 N–H and O–H groups in total. The number of rotatable bonds is 5. The van der Waals surface area contributed by atoms with Gasteiger partial charge >= 0.3 is 7.55 Å². The van der Waals surface area contributed by atoms with Crippen LogP contribution in [0, 0.1) is 13.8 Å². The predicted molar refractivity (Wildman–Crippen MR) is 164 cm³/mol. The summed E-state index contributed by atoms with van der Waals surface area (Å²) in [6, 6.07) is 13.4. The van der Waals surface area contributed by atoms with Gasteiger partial charge in [-0.3, -0.25) is 19.2 Å². The molecule has 4 aliphatic rings. The van der Waals surface area contributed by atoms with E-state index in [9.17, 15) is 0 Å². The van der Waals surface area contributed by atoms with Crippen LogP contribution < -0.4 is 5.73 Å². The minimum atomic E-state index is 0.198. The number of hydrogen-bond donors (Lipinski definition) is 2. The molecule has 4 aliphatic heterocycles. The summed E-state index contributed by atoms with van der Waals surface area (Å²) in [6.45, 7) is 10.8. The number of nitrogens with zero attached hydrogens (tertiary/aromatic N) is 4. The molecule has 0 amide bonds. The molecule has 3 aromatic rings. The molecule has 6 nitrogen and oxygen atoms in total. The van der Waals surface area contributed by atoms with Crippen LogP contribution in [0.5, 0.6) is 0 Å². The van der Waals surface area contributed by atoms with Crippen LogP contribution in [0.4, 0.5) is 5.69 Å². The Bertz CT molecular complexity index is 1580. The van der Waals surface area contributed by atoms with Crippen molar-refractivity contribution in [1.82, 2.24) is 19.4 Å². The number of allylic oxidation sites excluding steroid dienone is 2. The second-order valence-electron chi connectivity index (χ2n) is 11.9. The van der Waals surface area contributed by atoms with Crippen molar-refractivity contribution < 1.29 is 4.58 Å². The quantitative estimate of drug-likeness (QED) is 0.242. The summed E-state index contributed by atoms with van der Waals surface area (Å²) in [7, 11) is 2.33. The highest BCUT2D eigenvalue weighted by molar-refractivity contribution is 6.39. The Labute approximate surface area is 238 Å². The van der Waals surface area contributed by atoms with E-state index in [1.54, 1.807) is 0 Å². The van der Waals surface area contributed by atoms with Crippen molar-refractivity contribution in [3.05, 3.63) is 106 Å². The van der Waals surface area contributed by atoms with Crippen LogP contribution in [-0.2, 0) is 13.0 Å². The summed E-state index contributed by atoms with van der Waals surface area (Å²) in [6.07, 6.45) is 14.0. The van der Waals surface area contributed by atoms with Gasteiger partial charge in [0.1, 0.15) is 18.4 Å². The fourth-order valence-corrected chi connectivity index (χ4v) is 6.88. The summed E-state index contributed by atoms with van der Waals surface area (Å²) in [5.41, 5.74) is 18.8. The van der Waals surface area contributed by atoms with Gasteiger partial charge in [-0.2, -0.15) is 0 Å². The third-order valence-electron chi connectivity index (χ3n) is 9.22. The van der Waals surface area contributed by atoms with E-state index >= 15 is 0 Å². The fraction of sp³-hybridized carbons (Fsp3) is 0.364. The Hall–Kier alpha value is -3.87. The number of aromatic amines is 1. The molecule has 0 bridgehead atoms. The molecule has 0 fully saturated rings. The molecule has 0 spiro atoms. The lowest BCUT2D eigenvalue weighted by Crippen LogP contribution is -2.49. The standard InChI is InChI=1S/C33H38BN6/c1-5-8-21(2)27-20-38(36-27)31-14-12-29-32(26-17-22(3)33(35)23(4)18-26)28-11-13-30(39(28)34-40(29)31)37-16-15-24-9-6-7-10-25(24)19-37/h6-7,9-13,17-18,20-21,31,35-36H,5,8,14-16,19H2,1-4H3/p+1. The third kappa shape index (κ3) is 3.97. The number of amidine groups is 1. The van der Waals surface area contributed by atoms with Gasteiger partial charge in [-0.25, -0.2) is 0 Å². The van der Waals surface area contributed by atoms with Crippen molar-refractivity contribution in [2.75, 3.05) is 12.3 Å². The van der Waals surface area contributed by atoms with Gasteiger partial charge in [0.05, 0.1) is 12.2 Å². The second-order valence-corrected chi connectivity index (χ2v) is 11.9. The van der Waals surface area contributed by atoms with E-state index in [0.29, 0.717) is 5.92 Å². The second kappa shape index (κ2) is 9.65. The normalized spacial score (nSPS) is 22.3. The summed E-state index contributed by atoms with van der Waals surface area (Å²) in [4.78, 5) is 4.89. The first-order chi connectivity index (χ1) is 19.4. The number of aryl methyl sites for hydroxylation is 2. The van der Waals surface area contributed by atoms with Crippen molar-refractivity contribution >= 4 is 24.6 Å². The van der Waals surface area contributed by atoms with Gasteiger partial charge in [-0.05, 0) is 72.2 Å². The van der Waals surface area contributed by atoms with Crippen molar-refractivity contribution in [3.63, 3.8) is 0 Å². The average molecular weight is 531 g/mol. The van der Waals surface area contributed by atoms with Gasteiger partial charge in [0.15, 0.2) is 0 Å². The Kier molecular flexibility index (Phi) is 6.06. The molecule has 2 aromatic carbocycles. The molecular formula is C33H39BN6+. The van der Waals surface area contributed by atoms with Crippen LogP contribution in [0.15, 0.2) is 72.2 Å². The van der Waals surface area contributed by atoms with Gasteiger partial charge in [0.25, 0.3) is 5.84 Å². The average Bonchev–Trinajstić information content (AvgIpc) is 3.54. The van der Waals surface area contributed by atoms with Crippen molar-refractivity contribution in [3.8, 4) is 0 Å². The third-order valence-corrected chi connectivity index (χ3v) is 9.22. The van der Waals surface area contributed by atoms with Gasteiger partial charge in [-0.15, -0.1) is 0 Å². The van der Waals surface area contributed by atoms with Crippen LogP contribution in [0.25, 0.3) is 5.57 Å². The van der Waals surface area contributed by atoms with Crippen molar-refractivity contribution in [1.29, 1.82) is 0 Å². The topological polar surface area (TPSA) is 56.2 Å². The largest absolute Gasteiger partial charge is 0.549 e. The molecule has 40 heavy (non-hydrogen) atoms. The summed E-state index contributed by atoms with van der Waals surface area (Å²) >= 11 is 0. The van der Waals surface area contributed by atoms with E-state index in [2.05, 4.69) is 120 Å². The molecule has 2 atom stereocenters. The van der Waals surface area contributed by atoms with Crippen LogP contribution >= 0.6 is 0 Å². The first-order valence-corrected chi connectivity index (χ1v) is 14.8. The first kappa shape index (κ1) is 25.1. The Morgan fingerprint density at radius 2 is 1.88 bits per heavy atom. The minimum Gasteiger partial charge on any atom is -0.398 e. The summed E-state index contributed by atoms with van der Waals surface area (Å²) in [5, 5.41) is 3.68. The molecule has 0 aliphatic carbocycles. The van der Waals surface area contributed by atoms with Gasteiger partial charge in [0, 0.05) is 42.1 Å². The number of nitrogen functional groups attached to an aromatic ring is 1. The summed E-state index contributed by atoms with van der Waals surface area (Å²) < 4.78 is 4.83. The number of benzene rings is 2. The lowest BCUT2D eigenvalue weighted by atomic mass is 9.87. The van der Waals surface area contributed by atoms with Crippen LogP contribution in [0.3, 0.4) is 0 Å². The highest BCUT2D eigenvalue weighted by Gasteiger charge is 2.47. The number of H-pyrrole nitrogens is 1. The zero-order valence-corrected chi connectivity index (χ0v) is 24.1. The molecule has 5 heterocycles. The Morgan fingerprint density at radius 1 is 1.12 bits per heavy atom. The number of nitrogens with two attached hydrogens (primary N) is 1. The van der Waals surface area contributed by atoms with Crippen LogP contribution in [-0.4, -0.2) is 43.9 Å². The first-order valence-electron chi connectivity index (χ1n) is 14.8. The van der Waals surface area contributed by atoms with Gasteiger partial charge < -0.3 is 10.5 Å². The SMILES string of the molecule is CCCC(C)c1cn(C2CC=C3C(c4cc(C)c(N)c(C)c4)=C4C=CC(=[N+]5CCc6ccccc6C5)N4[B]N32)[nH]1. The molecule has 0 saturated carbocycles. The van der Waals surface area contributed by atoms with Gasteiger partial charge in [-0.1, -0.05) is 50.6 Å². The van der Waals surface area contributed by atoms with E-state index in [4.69, 9.17) is 5.73 Å². The number of fused-ring (bicyclic) bond motifs is 3. The lowest BCUT2D eigenvalue weighted by molar-refractivity contribution is -0.550. The number of nitrogens with one attached hydrogen (secondary N) is 1. The smallest absolute Gasteiger partial charge is 0.398 e. The molecule has 7 heteroatoms. The molecule has 1 radical (unpaired) electrons. The Balaban J connectivity index is 1.30. The highest BCUT2D eigenvalue weighted by Crippen LogP contribution is 2.45.